The van der Waals surface area contributed by atoms with Crippen molar-refractivity contribution in [3.05, 3.63) is 28.2 Å². The van der Waals surface area contributed by atoms with Gasteiger partial charge in [0.1, 0.15) is 6.07 Å². The van der Waals surface area contributed by atoms with Crippen molar-refractivity contribution in [2.75, 3.05) is 5.32 Å². The molecule has 1 rings (SSSR count). The van der Waals surface area contributed by atoms with Crippen LogP contribution in [0.25, 0.3) is 0 Å². The number of carbonyl (C=O) groups excluding carboxylic acids is 1. The van der Waals surface area contributed by atoms with Crippen LogP contribution in [0.2, 0.25) is 0 Å². The minimum atomic E-state index is -0.550. The van der Waals surface area contributed by atoms with Gasteiger partial charge in [0.15, 0.2) is 0 Å². The number of anilines is 1. The van der Waals surface area contributed by atoms with E-state index in [1.807, 2.05) is 13.0 Å². The third-order valence-electron chi connectivity index (χ3n) is 2.14. The van der Waals surface area contributed by atoms with E-state index in [1.165, 1.54) is 0 Å². The predicted octanol–water partition coefficient (Wildman–Crippen LogP) is 2.00. The highest BCUT2D eigenvalue weighted by Crippen LogP contribution is 2.20. The van der Waals surface area contributed by atoms with Crippen molar-refractivity contribution in [3.63, 3.8) is 0 Å². The number of amides is 1. The molecule has 1 aromatic rings. The van der Waals surface area contributed by atoms with E-state index < -0.39 is 6.04 Å². The number of carbonyl (C=O) groups is 1. The number of nitriles is 1. The molecule has 3 N–H and O–H groups in total. The Kier molecular flexibility index (Phi) is 4.47. The molecule has 0 saturated heterocycles. The molecule has 0 bridgehead atoms. The Morgan fingerprint density at radius 1 is 1.69 bits per heavy atom. The van der Waals surface area contributed by atoms with Gasteiger partial charge in [0.05, 0.1) is 17.3 Å². The van der Waals surface area contributed by atoms with Crippen LogP contribution in [0.1, 0.15) is 18.9 Å². The molecule has 1 amide bonds. The molecule has 1 atom stereocenters. The lowest BCUT2D eigenvalue weighted by Gasteiger charge is -2.11. The highest BCUT2D eigenvalue weighted by atomic mass is 79.9. The molecule has 5 heteroatoms. The van der Waals surface area contributed by atoms with E-state index in [0.29, 0.717) is 17.7 Å². The van der Waals surface area contributed by atoms with Gasteiger partial charge in [-0.05, 0) is 24.6 Å². The third-order valence-corrected chi connectivity index (χ3v) is 2.63. The van der Waals surface area contributed by atoms with Gasteiger partial charge in [0, 0.05) is 4.47 Å². The van der Waals surface area contributed by atoms with Crippen LogP contribution in [-0.2, 0) is 4.79 Å². The zero-order valence-corrected chi connectivity index (χ0v) is 10.4. The number of nitrogens with two attached hydrogens (primary N) is 1. The second-order valence-electron chi connectivity index (χ2n) is 3.31. The normalized spacial score (nSPS) is 11.6. The van der Waals surface area contributed by atoms with Crippen molar-refractivity contribution in [3.8, 4) is 6.07 Å². The van der Waals surface area contributed by atoms with E-state index in [9.17, 15) is 4.79 Å². The van der Waals surface area contributed by atoms with Crippen LogP contribution in [0.15, 0.2) is 22.7 Å². The van der Waals surface area contributed by atoms with Crippen LogP contribution in [-0.4, -0.2) is 11.9 Å². The Bertz CT molecular complexity index is 439. The minimum absolute atomic E-state index is 0.280. The van der Waals surface area contributed by atoms with Gasteiger partial charge in [0.25, 0.3) is 0 Å². The molecule has 0 unspecified atom stereocenters. The molecular weight excluding hydrogens is 270 g/mol. The smallest absolute Gasteiger partial charge is 0.241 e. The van der Waals surface area contributed by atoms with Crippen molar-refractivity contribution in [2.45, 2.75) is 19.4 Å². The van der Waals surface area contributed by atoms with Crippen molar-refractivity contribution >= 4 is 27.5 Å². The zero-order valence-electron chi connectivity index (χ0n) is 8.83. The summed E-state index contributed by atoms with van der Waals surface area (Å²) in [5.74, 6) is -0.280. The number of hydrogen-bond donors (Lipinski definition) is 2. The van der Waals surface area contributed by atoms with Gasteiger partial charge in [-0.2, -0.15) is 5.26 Å². The first-order valence-corrected chi connectivity index (χ1v) is 5.64. The SMILES string of the molecule is CC[C@@H](N)C(=O)Nc1cc(Br)ccc1C#N. The van der Waals surface area contributed by atoms with E-state index in [-0.39, 0.29) is 5.91 Å². The highest BCUT2D eigenvalue weighted by Gasteiger charge is 2.13. The molecule has 0 radical (unpaired) electrons. The van der Waals surface area contributed by atoms with Crippen LogP contribution in [0, 0.1) is 11.3 Å². The van der Waals surface area contributed by atoms with E-state index >= 15 is 0 Å². The van der Waals surface area contributed by atoms with E-state index in [4.69, 9.17) is 11.0 Å². The van der Waals surface area contributed by atoms with E-state index in [0.717, 1.165) is 4.47 Å². The Hall–Kier alpha value is -1.38. The van der Waals surface area contributed by atoms with Crippen LogP contribution in [0.5, 0.6) is 0 Å². The Morgan fingerprint density at radius 2 is 2.38 bits per heavy atom. The van der Waals surface area contributed by atoms with Crippen molar-refractivity contribution < 1.29 is 4.79 Å². The summed E-state index contributed by atoms with van der Waals surface area (Å²) >= 11 is 3.28. The maximum atomic E-state index is 11.6. The van der Waals surface area contributed by atoms with E-state index in [2.05, 4.69) is 21.2 Å². The maximum Gasteiger partial charge on any atom is 0.241 e. The minimum Gasteiger partial charge on any atom is -0.324 e. The van der Waals surface area contributed by atoms with Crippen molar-refractivity contribution in [1.82, 2.24) is 0 Å². The average molecular weight is 282 g/mol. The number of nitrogens with zero attached hydrogens (tertiary/aromatic N) is 1. The highest BCUT2D eigenvalue weighted by molar-refractivity contribution is 9.10. The molecule has 16 heavy (non-hydrogen) atoms. The summed E-state index contributed by atoms with van der Waals surface area (Å²) in [6.45, 7) is 1.83. The van der Waals surface area contributed by atoms with Gasteiger partial charge in [0.2, 0.25) is 5.91 Å². The third kappa shape index (κ3) is 3.05. The van der Waals surface area contributed by atoms with Gasteiger partial charge in [-0.3, -0.25) is 4.79 Å². The first kappa shape index (κ1) is 12.7. The summed E-state index contributed by atoms with van der Waals surface area (Å²) in [6, 6.07) is 6.52. The standard InChI is InChI=1S/C11H12BrN3O/c1-2-9(14)11(16)15-10-5-8(12)4-3-7(10)6-13/h3-5,9H,2,14H2,1H3,(H,15,16)/t9-/m1/s1. The molecule has 1 aromatic carbocycles. The largest absolute Gasteiger partial charge is 0.324 e. The monoisotopic (exact) mass is 281 g/mol. The average Bonchev–Trinajstić information content (AvgIpc) is 2.28. The molecule has 0 saturated carbocycles. The molecule has 0 aliphatic rings. The lowest BCUT2D eigenvalue weighted by molar-refractivity contribution is -0.117. The number of hydrogen-bond acceptors (Lipinski definition) is 3. The van der Waals surface area contributed by atoms with Gasteiger partial charge >= 0.3 is 0 Å². The number of benzene rings is 1. The van der Waals surface area contributed by atoms with Crippen LogP contribution >= 0.6 is 15.9 Å². The van der Waals surface area contributed by atoms with Gasteiger partial charge < -0.3 is 11.1 Å². The Balaban J connectivity index is 2.92. The quantitative estimate of drug-likeness (QED) is 0.889. The number of halogens is 1. The summed E-state index contributed by atoms with van der Waals surface area (Å²) in [4.78, 5) is 11.6. The number of nitrogens with one attached hydrogen (secondary N) is 1. The fourth-order valence-electron chi connectivity index (χ4n) is 1.13. The molecule has 0 heterocycles. The van der Waals surface area contributed by atoms with Gasteiger partial charge in [-0.25, -0.2) is 0 Å². The fraction of sp³-hybridized carbons (Fsp3) is 0.273. The molecule has 0 aliphatic heterocycles. The summed E-state index contributed by atoms with van der Waals surface area (Å²) in [6.07, 6.45) is 0.557. The summed E-state index contributed by atoms with van der Waals surface area (Å²) in [5, 5.41) is 11.5. The molecule has 4 nitrogen and oxygen atoms in total. The van der Waals surface area contributed by atoms with Crippen LogP contribution < -0.4 is 11.1 Å². The lowest BCUT2D eigenvalue weighted by atomic mass is 10.1. The second kappa shape index (κ2) is 5.64. The fourth-order valence-corrected chi connectivity index (χ4v) is 1.49. The predicted molar refractivity (Wildman–Crippen MR) is 65.8 cm³/mol. The summed E-state index contributed by atoms with van der Waals surface area (Å²) in [5.41, 5.74) is 6.48. The lowest BCUT2D eigenvalue weighted by Crippen LogP contribution is -2.35. The topological polar surface area (TPSA) is 78.9 Å². The van der Waals surface area contributed by atoms with Gasteiger partial charge in [-0.15, -0.1) is 0 Å². The molecule has 0 fully saturated rings. The van der Waals surface area contributed by atoms with Crippen LogP contribution in [0.4, 0.5) is 5.69 Å². The number of rotatable bonds is 3. The second-order valence-corrected chi connectivity index (χ2v) is 4.22. The molecule has 84 valence electrons. The first-order valence-electron chi connectivity index (χ1n) is 4.84. The Morgan fingerprint density at radius 3 is 2.94 bits per heavy atom. The van der Waals surface area contributed by atoms with Crippen molar-refractivity contribution in [1.29, 1.82) is 5.26 Å². The van der Waals surface area contributed by atoms with Gasteiger partial charge in [-0.1, -0.05) is 22.9 Å². The Labute approximate surface area is 103 Å². The van der Waals surface area contributed by atoms with Crippen LogP contribution in [0.3, 0.4) is 0 Å². The molecule has 0 aromatic heterocycles. The summed E-state index contributed by atoms with van der Waals surface area (Å²) in [7, 11) is 0. The van der Waals surface area contributed by atoms with Crippen molar-refractivity contribution in [2.24, 2.45) is 5.73 Å². The molecular formula is C11H12BrN3O. The molecule has 0 aliphatic carbocycles. The summed E-state index contributed by atoms with van der Waals surface area (Å²) < 4.78 is 0.798. The first-order chi connectivity index (χ1) is 7.58. The zero-order chi connectivity index (χ0) is 12.1. The molecule has 0 spiro atoms. The maximum absolute atomic E-state index is 11.6. The van der Waals surface area contributed by atoms with E-state index in [1.54, 1.807) is 18.2 Å².